The van der Waals surface area contributed by atoms with Crippen molar-refractivity contribution in [1.29, 1.82) is 0 Å². The molecule has 0 saturated heterocycles. The molecule has 10 heavy (non-hydrogen) atoms. The number of aromatic nitrogens is 5. The summed E-state index contributed by atoms with van der Waals surface area (Å²) in [5, 5.41) is 10.2. The molecule has 2 rings (SSSR count). The Hall–Kier alpha value is -1.37. The number of fused-ring (bicyclic) bond motifs is 1. The van der Waals surface area contributed by atoms with Crippen LogP contribution >= 0.6 is 12.2 Å². The summed E-state index contributed by atoms with van der Waals surface area (Å²) in [5.41, 5.74) is 0. The highest BCUT2D eigenvalue weighted by atomic mass is 32.1. The van der Waals surface area contributed by atoms with E-state index in [2.05, 4.69) is 15.3 Å². The molecule has 52 valence electrons. The summed E-state index contributed by atoms with van der Waals surface area (Å²) >= 11 is 4.81. The Kier molecular flexibility index (Phi) is 0.849. The molecule has 0 radical (unpaired) electrons. The molecule has 0 fully saturated rings. The molecule has 0 aliphatic carbocycles. The van der Waals surface area contributed by atoms with E-state index < -0.39 is 0 Å². The Labute approximate surface area is 60.2 Å². The molecule has 3 N–H and O–H groups in total. The van der Waals surface area contributed by atoms with Gasteiger partial charge in [-0.2, -0.15) is 9.61 Å². The number of nitrogens with zero attached hydrogens (tertiary/aromatic N) is 4. The normalized spacial score (nSPS) is 10.8. The number of H-pyrrole nitrogens is 1. The third-order valence-electron chi connectivity index (χ3n) is 1.16. The summed E-state index contributed by atoms with van der Waals surface area (Å²) in [5.74, 6) is 5.90. The van der Waals surface area contributed by atoms with Crippen LogP contribution in [0.2, 0.25) is 0 Å². The Morgan fingerprint density at radius 1 is 1.70 bits per heavy atom. The lowest BCUT2D eigenvalue weighted by atomic mass is 11.1. The van der Waals surface area contributed by atoms with Gasteiger partial charge < -0.3 is 5.84 Å². The number of hydrogen-bond donors (Lipinski definition) is 2. The first kappa shape index (κ1) is 5.42. The van der Waals surface area contributed by atoms with Gasteiger partial charge in [-0.1, -0.05) is 0 Å². The van der Waals surface area contributed by atoms with Gasteiger partial charge in [0.15, 0.2) is 0 Å². The van der Waals surface area contributed by atoms with E-state index in [-0.39, 0.29) is 0 Å². The zero-order valence-electron chi connectivity index (χ0n) is 4.85. The van der Waals surface area contributed by atoms with E-state index in [0.717, 1.165) is 0 Å². The van der Waals surface area contributed by atoms with Crippen molar-refractivity contribution >= 4 is 18.0 Å². The molecule has 0 amide bonds. The molecule has 0 saturated carbocycles. The quantitative estimate of drug-likeness (QED) is 0.390. The van der Waals surface area contributed by atoms with Gasteiger partial charge in [-0.25, -0.2) is 9.77 Å². The number of nitrogen functional groups attached to an aromatic ring is 1. The smallest absolute Gasteiger partial charge is 0.270 e. The predicted octanol–water partition coefficient (Wildman–Crippen LogP) is -0.698. The molecule has 0 spiro atoms. The first-order valence-corrected chi connectivity index (χ1v) is 2.96. The first-order valence-electron chi connectivity index (χ1n) is 2.55. The highest BCUT2D eigenvalue weighted by molar-refractivity contribution is 7.71. The fourth-order valence-corrected chi connectivity index (χ4v) is 0.888. The number of rotatable bonds is 0. The van der Waals surface area contributed by atoms with Gasteiger partial charge >= 0.3 is 0 Å². The largest absolute Gasteiger partial charge is 0.335 e. The maximum atomic E-state index is 5.39. The second-order valence-corrected chi connectivity index (χ2v) is 2.17. The number of aromatic amines is 1. The van der Waals surface area contributed by atoms with Gasteiger partial charge in [0.1, 0.15) is 6.33 Å². The summed E-state index contributed by atoms with van der Waals surface area (Å²) in [6.45, 7) is 0. The molecule has 6 nitrogen and oxygen atoms in total. The van der Waals surface area contributed by atoms with Crippen molar-refractivity contribution < 1.29 is 0 Å². The van der Waals surface area contributed by atoms with Crippen LogP contribution in [0.3, 0.4) is 0 Å². The molecule has 2 aromatic rings. The van der Waals surface area contributed by atoms with Gasteiger partial charge in [-0.05, 0) is 12.2 Å². The minimum atomic E-state index is 0.444. The molecular weight excluding hydrogens is 152 g/mol. The molecule has 7 heteroatoms. The summed E-state index contributed by atoms with van der Waals surface area (Å²) < 4.78 is 3.17. The minimum Gasteiger partial charge on any atom is -0.335 e. The van der Waals surface area contributed by atoms with Gasteiger partial charge in [0, 0.05) is 0 Å². The van der Waals surface area contributed by atoms with Gasteiger partial charge in [0.05, 0.1) is 0 Å². The SMILES string of the molecule is Nn1cnn2c(=S)[nH]nc12. The van der Waals surface area contributed by atoms with Crippen LogP contribution in [0.25, 0.3) is 5.78 Å². The van der Waals surface area contributed by atoms with Gasteiger partial charge in [0.2, 0.25) is 4.77 Å². The lowest BCUT2D eigenvalue weighted by molar-refractivity contribution is 0.924. The molecule has 2 aromatic heterocycles. The van der Waals surface area contributed by atoms with E-state index in [1.165, 1.54) is 15.5 Å². The van der Waals surface area contributed by atoms with E-state index >= 15 is 0 Å². The third kappa shape index (κ3) is 0.494. The van der Waals surface area contributed by atoms with Crippen molar-refractivity contribution in [3.63, 3.8) is 0 Å². The predicted molar refractivity (Wildman–Crippen MR) is 36.3 cm³/mol. The van der Waals surface area contributed by atoms with Crippen molar-refractivity contribution in [1.82, 2.24) is 24.5 Å². The summed E-state index contributed by atoms with van der Waals surface area (Å²) in [6, 6.07) is 0. The van der Waals surface area contributed by atoms with Crippen molar-refractivity contribution in [2.45, 2.75) is 0 Å². The third-order valence-corrected chi connectivity index (χ3v) is 1.42. The molecular formula is C3H4N6S. The number of hydrogen-bond acceptors (Lipinski definition) is 4. The topological polar surface area (TPSA) is 76.9 Å². The van der Waals surface area contributed by atoms with Crippen LogP contribution in [0.15, 0.2) is 6.33 Å². The summed E-state index contributed by atoms with van der Waals surface area (Å²) in [6.07, 6.45) is 1.44. The van der Waals surface area contributed by atoms with Gasteiger partial charge in [-0.3, -0.25) is 0 Å². The Balaban J connectivity index is 3.09. The highest BCUT2D eigenvalue weighted by Gasteiger charge is 2.00. The van der Waals surface area contributed by atoms with Crippen molar-refractivity contribution in [2.75, 3.05) is 5.84 Å². The first-order chi connectivity index (χ1) is 4.79. The average Bonchev–Trinajstić information content (AvgIpc) is 2.41. The molecule has 0 aromatic carbocycles. The van der Waals surface area contributed by atoms with Crippen molar-refractivity contribution in [3.05, 3.63) is 11.1 Å². The Morgan fingerprint density at radius 3 is 3.20 bits per heavy atom. The fourth-order valence-electron chi connectivity index (χ4n) is 0.713. The zero-order chi connectivity index (χ0) is 7.14. The highest BCUT2D eigenvalue weighted by Crippen LogP contribution is 1.92. The van der Waals surface area contributed by atoms with E-state index in [0.29, 0.717) is 10.5 Å². The Bertz CT molecular complexity index is 406. The zero-order valence-corrected chi connectivity index (χ0v) is 5.67. The molecule has 2 heterocycles. The minimum absolute atomic E-state index is 0.444. The second-order valence-electron chi connectivity index (χ2n) is 1.78. The van der Waals surface area contributed by atoms with Crippen LogP contribution in [-0.2, 0) is 0 Å². The lowest BCUT2D eigenvalue weighted by Gasteiger charge is -1.82. The van der Waals surface area contributed by atoms with Crippen LogP contribution in [-0.4, -0.2) is 24.5 Å². The standard InChI is InChI=1S/C3H4N6S/c4-8-1-5-9-2(8)6-7-3(9)10/h1H,4H2,(H,7,10). The number of nitrogens with one attached hydrogen (secondary N) is 1. The maximum Gasteiger partial charge on any atom is 0.270 e. The van der Waals surface area contributed by atoms with Crippen LogP contribution < -0.4 is 5.84 Å². The molecule has 0 atom stereocenters. The monoisotopic (exact) mass is 156 g/mol. The molecule has 0 bridgehead atoms. The Morgan fingerprint density at radius 2 is 2.50 bits per heavy atom. The molecule has 0 aliphatic rings. The van der Waals surface area contributed by atoms with Crippen LogP contribution in [0.4, 0.5) is 0 Å². The van der Waals surface area contributed by atoms with Crippen molar-refractivity contribution in [2.24, 2.45) is 0 Å². The van der Waals surface area contributed by atoms with Crippen molar-refractivity contribution in [3.8, 4) is 0 Å². The van der Waals surface area contributed by atoms with E-state index in [1.807, 2.05) is 0 Å². The summed E-state index contributed by atoms with van der Waals surface area (Å²) in [4.78, 5) is 0. The van der Waals surface area contributed by atoms with E-state index in [4.69, 9.17) is 18.1 Å². The van der Waals surface area contributed by atoms with Gasteiger partial charge in [-0.15, -0.1) is 5.10 Å². The van der Waals surface area contributed by atoms with Crippen LogP contribution in [0.5, 0.6) is 0 Å². The van der Waals surface area contributed by atoms with E-state index in [1.54, 1.807) is 0 Å². The second kappa shape index (κ2) is 1.57. The molecule has 0 aliphatic heterocycles. The number of nitrogens with two attached hydrogens (primary N) is 1. The lowest BCUT2D eigenvalue weighted by Crippen LogP contribution is -2.06. The maximum absolute atomic E-state index is 5.39. The van der Waals surface area contributed by atoms with Crippen LogP contribution in [0.1, 0.15) is 0 Å². The van der Waals surface area contributed by atoms with Crippen LogP contribution in [0, 0.1) is 4.77 Å². The average molecular weight is 156 g/mol. The van der Waals surface area contributed by atoms with E-state index in [9.17, 15) is 0 Å². The molecule has 0 unspecified atom stereocenters. The summed E-state index contributed by atoms with van der Waals surface area (Å²) in [7, 11) is 0. The van der Waals surface area contributed by atoms with Gasteiger partial charge in [0.25, 0.3) is 5.78 Å². The fraction of sp³-hybridized carbons (Fsp3) is 0.